The number of benzene rings is 1. The van der Waals surface area contributed by atoms with Crippen LogP contribution in [0.15, 0.2) is 24.3 Å². The van der Waals surface area contributed by atoms with Crippen LogP contribution in [0.3, 0.4) is 0 Å². The molecular weight excluding hydrogens is 323 g/mol. The summed E-state index contributed by atoms with van der Waals surface area (Å²) in [6.45, 7) is 9.72. The fraction of sp³-hybridized carbons (Fsp3) is 0.571. The number of nitrogens with zero attached hydrogens (tertiary/aromatic N) is 1. The summed E-state index contributed by atoms with van der Waals surface area (Å²) in [6, 6.07) is 8.74. The molecule has 0 bridgehead atoms. The average Bonchev–Trinajstić information content (AvgIpc) is 2.19. The minimum atomic E-state index is 0.212. The first-order valence-electron chi connectivity index (χ1n) is 6.05. The van der Waals surface area contributed by atoms with Crippen molar-refractivity contribution in [2.45, 2.75) is 32.9 Å². The molecule has 96 valence electrons. The van der Waals surface area contributed by atoms with E-state index in [9.17, 15) is 0 Å². The van der Waals surface area contributed by atoms with Crippen LogP contribution in [0.1, 0.15) is 26.3 Å². The van der Waals surface area contributed by atoms with E-state index in [1.165, 1.54) is 9.13 Å². The van der Waals surface area contributed by atoms with Crippen LogP contribution in [0.2, 0.25) is 0 Å². The summed E-state index contributed by atoms with van der Waals surface area (Å²) in [6.07, 6.45) is 0. The topological polar surface area (TPSA) is 15.3 Å². The van der Waals surface area contributed by atoms with Gasteiger partial charge >= 0.3 is 0 Å². The van der Waals surface area contributed by atoms with Gasteiger partial charge in [0.25, 0.3) is 0 Å². The largest absolute Gasteiger partial charge is 0.311 e. The van der Waals surface area contributed by atoms with E-state index in [1.54, 1.807) is 0 Å². The molecule has 1 aromatic rings. The third kappa shape index (κ3) is 7.01. The lowest BCUT2D eigenvalue weighted by Gasteiger charge is -2.23. The van der Waals surface area contributed by atoms with E-state index >= 15 is 0 Å². The first-order valence-corrected chi connectivity index (χ1v) is 7.13. The van der Waals surface area contributed by atoms with Gasteiger partial charge in [0, 0.05) is 28.7 Å². The second-order valence-corrected chi connectivity index (χ2v) is 6.79. The van der Waals surface area contributed by atoms with E-state index in [2.05, 4.69) is 84.9 Å². The van der Waals surface area contributed by atoms with E-state index < -0.39 is 0 Å². The summed E-state index contributed by atoms with van der Waals surface area (Å²) in [5, 5.41) is 3.50. The van der Waals surface area contributed by atoms with Crippen LogP contribution in [-0.4, -0.2) is 30.6 Å². The number of likely N-dealkylation sites (N-methyl/N-ethyl adjacent to an activating group) is 1. The standard InChI is InChI=1S/C14H23IN2/c1-14(2,3)16-9-10-17(4)11-12-5-7-13(15)8-6-12/h5-8,16H,9-11H2,1-4H3. The molecule has 0 aliphatic rings. The fourth-order valence-electron chi connectivity index (χ4n) is 1.60. The zero-order valence-electron chi connectivity index (χ0n) is 11.3. The van der Waals surface area contributed by atoms with Gasteiger partial charge in [0.15, 0.2) is 0 Å². The molecule has 0 aliphatic carbocycles. The molecule has 17 heavy (non-hydrogen) atoms. The Kier molecular flexibility index (Phi) is 5.89. The molecule has 1 rings (SSSR count). The van der Waals surface area contributed by atoms with Crippen molar-refractivity contribution in [3.05, 3.63) is 33.4 Å². The van der Waals surface area contributed by atoms with Crippen molar-refractivity contribution in [1.29, 1.82) is 0 Å². The SMILES string of the molecule is CN(CCNC(C)(C)C)Cc1ccc(I)cc1. The Morgan fingerprint density at radius 2 is 1.76 bits per heavy atom. The van der Waals surface area contributed by atoms with Gasteiger partial charge in [-0.3, -0.25) is 0 Å². The first kappa shape index (κ1) is 14.9. The molecule has 0 atom stereocenters. The molecule has 0 aromatic heterocycles. The molecule has 0 spiro atoms. The molecule has 0 saturated heterocycles. The monoisotopic (exact) mass is 346 g/mol. The van der Waals surface area contributed by atoms with Gasteiger partial charge < -0.3 is 10.2 Å². The third-order valence-corrected chi connectivity index (χ3v) is 3.23. The van der Waals surface area contributed by atoms with Crippen molar-refractivity contribution < 1.29 is 0 Å². The Bertz CT molecular complexity index is 327. The maximum absolute atomic E-state index is 3.50. The molecule has 1 N–H and O–H groups in total. The molecule has 0 heterocycles. The molecule has 0 amide bonds. The van der Waals surface area contributed by atoms with Crippen LogP contribution in [0.25, 0.3) is 0 Å². The second-order valence-electron chi connectivity index (χ2n) is 5.54. The number of hydrogen-bond acceptors (Lipinski definition) is 2. The minimum absolute atomic E-state index is 0.212. The first-order chi connectivity index (χ1) is 7.87. The number of hydrogen-bond donors (Lipinski definition) is 1. The van der Waals surface area contributed by atoms with Crippen LogP contribution in [0, 0.1) is 3.57 Å². The van der Waals surface area contributed by atoms with Gasteiger partial charge in [-0.2, -0.15) is 0 Å². The van der Waals surface area contributed by atoms with Crippen LogP contribution in [0.5, 0.6) is 0 Å². The normalized spacial score (nSPS) is 12.1. The van der Waals surface area contributed by atoms with E-state index in [-0.39, 0.29) is 5.54 Å². The highest BCUT2D eigenvalue weighted by Gasteiger charge is 2.08. The summed E-state index contributed by atoms with van der Waals surface area (Å²) >= 11 is 2.34. The molecule has 0 unspecified atom stereocenters. The zero-order valence-corrected chi connectivity index (χ0v) is 13.4. The molecule has 0 radical (unpaired) electrons. The van der Waals surface area contributed by atoms with Crippen LogP contribution in [0.4, 0.5) is 0 Å². The molecule has 2 nitrogen and oxygen atoms in total. The third-order valence-electron chi connectivity index (χ3n) is 2.51. The molecular formula is C14H23IN2. The predicted octanol–water partition coefficient (Wildman–Crippen LogP) is 3.11. The van der Waals surface area contributed by atoms with Gasteiger partial charge in [-0.1, -0.05) is 12.1 Å². The van der Waals surface area contributed by atoms with Crippen molar-refractivity contribution in [3.63, 3.8) is 0 Å². The molecule has 3 heteroatoms. The van der Waals surface area contributed by atoms with E-state index in [1.807, 2.05) is 0 Å². The highest BCUT2D eigenvalue weighted by molar-refractivity contribution is 14.1. The Balaban J connectivity index is 2.30. The summed E-state index contributed by atoms with van der Waals surface area (Å²) in [4.78, 5) is 2.35. The quantitative estimate of drug-likeness (QED) is 0.825. The smallest absolute Gasteiger partial charge is 0.0231 e. The van der Waals surface area contributed by atoms with Gasteiger partial charge in [0.1, 0.15) is 0 Å². The predicted molar refractivity (Wildman–Crippen MR) is 83.2 cm³/mol. The van der Waals surface area contributed by atoms with E-state index in [0.29, 0.717) is 0 Å². The van der Waals surface area contributed by atoms with Crippen molar-refractivity contribution in [2.75, 3.05) is 20.1 Å². The average molecular weight is 346 g/mol. The van der Waals surface area contributed by atoms with E-state index in [4.69, 9.17) is 0 Å². The Labute approximate surface area is 119 Å². The second kappa shape index (κ2) is 6.71. The van der Waals surface area contributed by atoms with Crippen LogP contribution in [-0.2, 0) is 6.54 Å². The number of nitrogens with one attached hydrogen (secondary N) is 1. The fourth-order valence-corrected chi connectivity index (χ4v) is 1.96. The van der Waals surface area contributed by atoms with Gasteiger partial charge in [0.2, 0.25) is 0 Å². The highest BCUT2D eigenvalue weighted by atomic mass is 127. The van der Waals surface area contributed by atoms with E-state index in [0.717, 1.165) is 19.6 Å². The highest BCUT2D eigenvalue weighted by Crippen LogP contribution is 2.08. The lowest BCUT2D eigenvalue weighted by atomic mass is 10.1. The van der Waals surface area contributed by atoms with Gasteiger partial charge in [0.05, 0.1) is 0 Å². The Hall–Kier alpha value is -0.130. The van der Waals surface area contributed by atoms with Gasteiger partial charge in [-0.05, 0) is 68.1 Å². The van der Waals surface area contributed by atoms with Crippen molar-refractivity contribution in [3.8, 4) is 0 Å². The van der Waals surface area contributed by atoms with Crippen LogP contribution < -0.4 is 5.32 Å². The van der Waals surface area contributed by atoms with Gasteiger partial charge in [-0.15, -0.1) is 0 Å². The maximum Gasteiger partial charge on any atom is 0.0231 e. The molecule has 0 aliphatic heterocycles. The lowest BCUT2D eigenvalue weighted by molar-refractivity contribution is 0.303. The summed E-state index contributed by atoms with van der Waals surface area (Å²) < 4.78 is 1.29. The Morgan fingerprint density at radius 1 is 1.18 bits per heavy atom. The van der Waals surface area contributed by atoms with Crippen LogP contribution >= 0.6 is 22.6 Å². The lowest BCUT2D eigenvalue weighted by Crippen LogP contribution is -2.40. The number of rotatable bonds is 5. The van der Waals surface area contributed by atoms with Crippen molar-refractivity contribution in [2.24, 2.45) is 0 Å². The Morgan fingerprint density at radius 3 is 2.29 bits per heavy atom. The minimum Gasteiger partial charge on any atom is -0.311 e. The molecule has 0 saturated carbocycles. The maximum atomic E-state index is 3.50. The van der Waals surface area contributed by atoms with Gasteiger partial charge in [-0.25, -0.2) is 0 Å². The van der Waals surface area contributed by atoms with Crippen molar-refractivity contribution in [1.82, 2.24) is 10.2 Å². The zero-order chi connectivity index (χ0) is 12.9. The summed E-state index contributed by atoms with van der Waals surface area (Å²) in [5.74, 6) is 0. The summed E-state index contributed by atoms with van der Waals surface area (Å²) in [5.41, 5.74) is 1.59. The van der Waals surface area contributed by atoms with Crippen molar-refractivity contribution >= 4 is 22.6 Å². The molecule has 1 aromatic carbocycles. The molecule has 0 fully saturated rings. The summed E-state index contributed by atoms with van der Waals surface area (Å²) in [7, 11) is 2.17. The number of halogens is 1.